The van der Waals surface area contributed by atoms with Crippen molar-refractivity contribution in [3.05, 3.63) is 41.7 Å². The first-order chi connectivity index (χ1) is 7.24. The number of nitriles is 1. The van der Waals surface area contributed by atoms with Crippen LogP contribution in [0.4, 0.5) is 0 Å². The molecule has 0 saturated carbocycles. The molecule has 0 bridgehead atoms. The van der Waals surface area contributed by atoms with E-state index in [9.17, 15) is 4.79 Å². The molecule has 15 heavy (non-hydrogen) atoms. The minimum absolute atomic E-state index is 0.115. The summed E-state index contributed by atoms with van der Waals surface area (Å²) in [4.78, 5) is 14.7. The van der Waals surface area contributed by atoms with Crippen molar-refractivity contribution in [2.45, 2.75) is 0 Å². The molecule has 0 spiro atoms. The van der Waals surface area contributed by atoms with Crippen LogP contribution in [-0.4, -0.2) is 16.1 Å². The molecule has 0 aliphatic carbocycles. The zero-order valence-electron chi connectivity index (χ0n) is 7.64. The van der Waals surface area contributed by atoms with Crippen LogP contribution in [0.3, 0.4) is 0 Å². The van der Waals surface area contributed by atoms with Crippen molar-refractivity contribution >= 4 is 16.7 Å². The van der Waals surface area contributed by atoms with Crippen molar-refractivity contribution < 1.29 is 9.90 Å². The monoisotopic (exact) mass is 198 g/mol. The molecule has 2 rings (SSSR count). The molecule has 4 heteroatoms. The Hall–Kier alpha value is -2.41. The molecule has 4 nitrogen and oxygen atoms in total. The lowest BCUT2D eigenvalue weighted by molar-refractivity contribution is 0.0698. The minimum atomic E-state index is -1.04. The number of aromatic carboxylic acids is 1. The predicted octanol–water partition coefficient (Wildman–Crippen LogP) is 1.80. The molecule has 0 amide bonds. The Kier molecular flexibility index (Phi) is 2.07. The Morgan fingerprint density at radius 3 is 2.60 bits per heavy atom. The molecule has 1 aromatic carbocycles. The van der Waals surface area contributed by atoms with Crippen molar-refractivity contribution in [1.29, 1.82) is 5.26 Å². The summed E-state index contributed by atoms with van der Waals surface area (Å²) < 4.78 is 0. The smallest absolute Gasteiger partial charge is 0.337 e. The van der Waals surface area contributed by atoms with Crippen molar-refractivity contribution in [1.82, 2.24) is 4.98 Å². The number of nitrogens with zero attached hydrogens (tertiary/aromatic N) is 2. The average Bonchev–Trinajstić information content (AvgIpc) is 2.27. The molecule has 2 aromatic rings. The summed E-state index contributed by atoms with van der Waals surface area (Å²) in [5.41, 5.74) is 0.361. The van der Waals surface area contributed by atoms with E-state index in [1.807, 2.05) is 6.07 Å². The summed E-state index contributed by atoms with van der Waals surface area (Å²) in [5, 5.41) is 18.8. The Labute approximate surface area is 85.4 Å². The molecular weight excluding hydrogens is 192 g/mol. The molecule has 0 radical (unpaired) electrons. The minimum Gasteiger partial charge on any atom is -0.478 e. The number of carboxylic acid groups (broad SMARTS) is 1. The van der Waals surface area contributed by atoms with Gasteiger partial charge in [0.1, 0.15) is 11.8 Å². The third kappa shape index (κ3) is 1.40. The molecule has 0 aliphatic heterocycles. The van der Waals surface area contributed by atoms with Crippen molar-refractivity contribution in [2.24, 2.45) is 0 Å². The Morgan fingerprint density at radius 1 is 1.33 bits per heavy atom. The lowest BCUT2D eigenvalue weighted by Crippen LogP contribution is -2.00. The van der Waals surface area contributed by atoms with Gasteiger partial charge in [-0.15, -0.1) is 0 Å². The van der Waals surface area contributed by atoms with Crippen LogP contribution >= 0.6 is 0 Å². The highest BCUT2D eigenvalue weighted by Crippen LogP contribution is 2.20. The average molecular weight is 198 g/mol. The largest absolute Gasteiger partial charge is 0.478 e. The molecule has 0 unspecified atom stereocenters. The van der Waals surface area contributed by atoms with Gasteiger partial charge < -0.3 is 5.11 Å². The van der Waals surface area contributed by atoms with Crippen LogP contribution in [0.2, 0.25) is 0 Å². The molecule has 0 fully saturated rings. The molecule has 72 valence electrons. The van der Waals surface area contributed by atoms with Crippen LogP contribution < -0.4 is 0 Å². The standard InChI is InChI=1S/C11H6N2O2/c12-5-10-8-4-2-1-3-7(8)9(6-13-10)11(14)15/h1-4,6H,(H,14,15). The van der Waals surface area contributed by atoms with Crippen LogP contribution in [0.5, 0.6) is 0 Å². The summed E-state index contributed by atoms with van der Waals surface area (Å²) in [7, 11) is 0. The first kappa shape index (κ1) is 9.16. The van der Waals surface area contributed by atoms with Gasteiger partial charge in [-0.3, -0.25) is 0 Å². The van der Waals surface area contributed by atoms with E-state index in [0.717, 1.165) is 0 Å². The highest BCUT2D eigenvalue weighted by molar-refractivity contribution is 6.04. The highest BCUT2D eigenvalue weighted by atomic mass is 16.4. The van der Waals surface area contributed by atoms with E-state index >= 15 is 0 Å². The zero-order valence-corrected chi connectivity index (χ0v) is 7.64. The number of pyridine rings is 1. The highest BCUT2D eigenvalue weighted by Gasteiger charge is 2.11. The van der Waals surface area contributed by atoms with Gasteiger partial charge in [0, 0.05) is 17.0 Å². The van der Waals surface area contributed by atoms with Crippen LogP contribution in [0.1, 0.15) is 16.1 Å². The summed E-state index contributed by atoms with van der Waals surface area (Å²) >= 11 is 0. The summed E-state index contributed by atoms with van der Waals surface area (Å²) in [5.74, 6) is -1.04. The second kappa shape index (κ2) is 3.39. The van der Waals surface area contributed by atoms with Crippen molar-refractivity contribution in [3.8, 4) is 6.07 Å². The number of benzene rings is 1. The van der Waals surface area contributed by atoms with Crippen LogP contribution in [0, 0.1) is 11.3 Å². The van der Waals surface area contributed by atoms with Gasteiger partial charge in [-0.05, 0) is 0 Å². The van der Waals surface area contributed by atoms with Gasteiger partial charge in [-0.2, -0.15) is 5.26 Å². The van der Waals surface area contributed by atoms with E-state index < -0.39 is 5.97 Å². The summed E-state index contributed by atoms with van der Waals surface area (Å²) in [6.07, 6.45) is 1.21. The molecular formula is C11H6N2O2. The second-order valence-corrected chi connectivity index (χ2v) is 2.98. The fourth-order valence-electron chi connectivity index (χ4n) is 1.45. The van der Waals surface area contributed by atoms with E-state index in [4.69, 9.17) is 10.4 Å². The number of carbonyl (C=O) groups is 1. The third-order valence-corrected chi connectivity index (χ3v) is 2.13. The molecule has 0 atom stereocenters. The van der Waals surface area contributed by atoms with Crippen LogP contribution in [-0.2, 0) is 0 Å². The van der Waals surface area contributed by atoms with Gasteiger partial charge in [0.05, 0.1) is 5.56 Å². The Morgan fingerprint density at radius 2 is 2.00 bits per heavy atom. The summed E-state index contributed by atoms with van der Waals surface area (Å²) in [6.45, 7) is 0. The molecule has 0 saturated heterocycles. The SMILES string of the molecule is N#Cc1ncc(C(=O)O)c2ccccc12. The van der Waals surface area contributed by atoms with Gasteiger partial charge >= 0.3 is 5.97 Å². The van der Waals surface area contributed by atoms with E-state index in [-0.39, 0.29) is 11.3 Å². The van der Waals surface area contributed by atoms with Gasteiger partial charge in [-0.1, -0.05) is 24.3 Å². The number of carboxylic acids is 1. The number of aromatic nitrogens is 1. The topological polar surface area (TPSA) is 74.0 Å². The quantitative estimate of drug-likeness (QED) is 0.758. The Bertz CT molecular complexity index is 585. The van der Waals surface area contributed by atoms with E-state index in [2.05, 4.69) is 4.98 Å². The van der Waals surface area contributed by atoms with Gasteiger partial charge in [0.25, 0.3) is 0 Å². The summed E-state index contributed by atoms with van der Waals surface area (Å²) in [6, 6.07) is 8.77. The number of fused-ring (bicyclic) bond motifs is 1. The van der Waals surface area contributed by atoms with Crippen LogP contribution in [0.25, 0.3) is 10.8 Å². The number of hydrogen-bond donors (Lipinski definition) is 1. The third-order valence-electron chi connectivity index (χ3n) is 2.13. The van der Waals surface area contributed by atoms with Crippen LogP contribution in [0.15, 0.2) is 30.5 Å². The lowest BCUT2D eigenvalue weighted by Gasteiger charge is -2.02. The maximum absolute atomic E-state index is 10.9. The van der Waals surface area contributed by atoms with Gasteiger partial charge in [0.2, 0.25) is 0 Å². The number of hydrogen-bond acceptors (Lipinski definition) is 3. The molecule has 1 heterocycles. The van der Waals surface area contributed by atoms with Gasteiger partial charge in [-0.25, -0.2) is 9.78 Å². The van der Waals surface area contributed by atoms with Gasteiger partial charge in [0.15, 0.2) is 0 Å². The van der Waals surface area contributed by atoms with E-state index in [1.165, 1.54) is 6.20 Å². The maximum Gasteiger partial charge on any atom is 0.337 e. The molecule has 0 aliphatic rings. The normalized spacial score (nSPS) is 9.80. The second-order valence-electron chi connectivity index (χ2n) is 2.98. The van der Waals surface area contributed by atoms with Crippen molar-refractivity contribution in [3.63, 3.8) is 0 Å². The fourth-order valence-corrected chi connectivity index (χ4v) is 1.45. The lowest BCUT2D eigenvalue weighted by atomic mass is 10.1. The van der Waals surface area contributed by atoms with E-state index in [1.54, 1.807) is 24.3 Å². The first-order valence-electron chi connectivity index (χ1n) is 4.25. The zero-order chi connectivity index (χ0) is 10.8. The first-order valence-corrected chi connectivity index (χ1v) is 4.25. The molecule has 1 aromatic heterocycles. The maximum atomic E-state index is 10.9. The Balaban J connectivity index is 2.91. The molecule has 1 N–H and O–H groups in total. The fraction of sp³-hybridized carbons (Fsp3) is 0. The van der Waals surface area contributed by atoms with E-state index in [0.29, 0.717) is 10.8 Å². The predicted molar refractivity (Wildman–Crippen MR) is 53.4 cm³/mol. The van der Waals surface area contributed by atoms with Crippen molar-refractivity contribution in [2.75, 3.05) is 0 Å². The number of rotatable bonds is 1.